The number of para-hydroxylation sites is 1. The van der Waals surface area contributed by atoms with Crippen molar-refractivity contribution in [2.45, 2.75) is 11.1 Å². The predicted molar refractivity (Wildman–Crippen MR) is 96.2 cm³/mol. The van der Waals surface area contributed by atoms with E-state index in [-0.39, 0.29) is 22.1 Å². The molecule has 0 saturated carbocycles. The monoisotopic (exact) mass is 393 g/mol. The van der Waals surface area contributed by atoms with Gasteiger partial charge in [-0.3, -0.25) is 4.72 Å². The third-order valence-corrected chi connectivity index (χ3v) is 4.94. The fraction of sp³-hybridized carbons (Fsp3) is 0.0556. The number of benzene rings is 2. The highest BCUT2D eigenvalue weighted by Crippen LogP contribution is 2.35. The van der Waals surface area contributed by atoms with E-state index in [2.05, 4.69) is 15.0 Å². The minimum absolute atomic E-state index is 0.0495. The normalized spacial score (nSPS) is 11.8. The van der Waals surface area contributed by atoms with Gasteiger partial charge in [-0.25, -0.2) is 13.4 Å². The molecule has 2 aromatic carbocycles. The first-order valence-corrected chi connectivity index (χ1v) is 9.21. The summed E-state index contributed by atoms with van der Waals surface area (Å²) in [5.74, 6) is 0.0495. The Bertz CT molecular complexity index is 1020. The molecule has 0 bridgehead atoms. The summed E-state index contributed by atoms with van der Waals surface area (Å²) < 4.78 is 65.9. The van der Waals surface area contributed by atoms with Gasteiger partial charge in [0.25, 0.3) is 10.0 Å². The maximum atomic E-state index is 13.0. The van der Waals surface area contributed by atoms with Gasteiger partial charge in [0.15, 0.2) is 0 Å². The van der Waals surface area contributed by atoms with Crippen LogP contribution in [-0.4, -0.2) is 13.4 Å². The maximum Gasteiger partial charge on any atom is 0.418 e. The molecule has 0 aliphatic rings. The number of sulfonamides is 1. The number of rotatable bonds is 5. The average Bonchev–Trinajstić information content (AvgIpc) is 2.63. The Morgan fingerprint density at radius 3 is 2.15 bits per heavy atom. The Kier molecular flexibility index (Phi) is 5.04. The Morgan fingerprint density at radius 2 is 1.52 bits per heavy atom. The van der Waals surface area contributed by atoms with E-state index < -0.39 is 21.8 Å². The minimum Gasteiger partial charge on any atom is -0.354 e. The second kappa shape index (κ2) is 7.28. The molecule has 5 nitrogen and oxygen atoms in total. The summed E-state index contributed by atoms with van der Waals surface area (Å²) in [6.45, 7) is 0. The first-order valence-electron chi connectivity index (χ1n) is 7.73. The summed E-state index contributed by atoms with van der Waals surface area (Å²) in [6.07, 6.45) is -3.25. The molecule has 140 valence electrons. The molecule has 27 heavy (non-hydrogen) atoms. The zero-order chi connectivity index (χ0) is 19.5. The summed E-state index contributed by atoms with van der Waals surface area (Å²) in [7, 11) is -3.79. The molecule has 0 aliphatic heterocycles. The lowest BCUT2D eigenvalue weighted by molar-refractivity contribution is -0.136. The second-order valence-electron chi connectivity index (χ2n) is 5.52. The number of alkyl halides is 3. The zero-order valence-corrected chi connectivity index (χ0v) is 14.6. The summed E-state index contributed by atoms with van der Waals surface area (Å²) in [4.78, 5) is 4.02. The van der Waals surface area contributed by atoms with Crippen LogP contribution in [0.3, 0.4) is 0 Å². The zero-order valence-electron chi connectivity index (χ0n) is 13.7. The van der Waals surface area contributed by atoms with Crippen molar-refractivity contribution in [3.8, 4) is 0 Å². The molecule has 0 amide bonds. The van der Waals surface area contributed by atoms with Gasteiger partial charge in [-0.15, -0.1) is 0 Å². The molecule has 0 saturated heterocycles. The molecule has 1 aromatic heterocycles. The van der Waals surface area contributed by atoms with Crippen molar-refractivity contribution >= 4 is 27.2 Å². The summed E-state index contributed by atoms with van der Waals surface area (Å²) in [5, 5.41) is 2.64. The van der Waals surface area contributed by atoms with Crippen LogP contribution >= 0.6 is 0 Å². The standard InChI is InChI=1S/C18H14F3N3O2S/c19-18(20,21)15-8-4-5-9-16(15)23-13-10-11-17(22-12-13)24-27(25,26)14-6-2-1-3-7-14/h1-12,23H,(H,22,24). The van der Waals surface area contributed by atoms with Crippen LogP contribution in [-0.2, 0) is 16.2 Å². The van der Waals surface area contributed by atoms with Crippen molar-refractivity contribution in [3.63, 3.8) is 0 Å². The van der Waals surface area contributed by atoms with E-state index in [9.17, 15) is 21.6 Å². The van der Waals surface area contributed by atoms with Gasteiger partial charge in [-0.2, -0.15) is 13.2 Å². The molecule has 0 spiro atoms. The molecule has 3 rings (SSSR count). The number of nitrogens with zero attached hydrogens (tertiary/aromatic N) is 1. The lowest BCUT2D eigenvalue weighted by Crippen LogP contribution is -2.13. The summed E-state index contributed by atoms with van der Waals surface area (Å²) >= 11 is 0. The van der Waals surface area contributed by atoms with Crippen molar-refractivity contribution in [2.75, 3.05) is 10.0 Å². The molecule has 0 atom stereocenters. The third kappa shape index (κ3) is 4.56. The highest BCUT2D eigenvalue weighted by Gasteiger charge is 2.33. The van der Waals surface area contributed by atoms with Gasteiger partial charge in [0.2, 0.25) is 0 Å². The fourth-order valence-electron chi connectivity index (χ4n) is 2.32. The lowest BCUT2D eigenvalue weighted by Gasteiger charge is -2.14. The number of halogens is 3. The van der Waals surface area contributed by atoms with Gasteiger partial charge in [-0.1, -0.05) is 30.3 Å². The third-order valence-electron chi connectivity index (χ3n) is 3.57. The summed E-state index contributed by atoms with van der Waals surface area (Å²) in [5.41, 5.74) is -0.641. The van der Waals surface area contributed by atoms with E-state index in [1.54, 1.807) is 18.2 Å². The van der Waals surface area contributed by atoms with E-state index in [4.69, 9.17) is 0 Å². The van der Waals surface area contributed by atoms with Gasteiger partial charge >= 0.3 is 6.18 Å². The molecule has 1 heterocycles. The number of hydrogen-bond donors (Lipinski definition) is 2. The molecule has 0 fully saturated rings. The van der Waals surface area contributed by atoms with E-state index in [0.717, 1.165) is 6.07 Å². The Labute approximate surface area is 153 Å². The number of aromatic nitrogens is 1. The molecular formula is C18H14F3N3O2S. The van der Waals surface area contributed by atoms with Crippen LogP contribution in [0.15, 0.2) is 77.8 Å². The van der Waals surface area contributed by atoms with Crippen LogP contribution in [0.2, 0.25) is 0 Å². The van der Waals surface area contributed by atoms with Crippen LogP contribution in [0.25, 0.3) is 0 Å². The smallest absolute Gasteiger partial charge is 0.354 e. The Hall–Kier alpha value is -3.07. The largest absolute Gasteiger partial charge is 0.418 e. The topological polar surface area (TPSA) is 71.1 Å². The molecular weight excluding hydrogens is 379 g/mol. The summed E-state index contributed by atoms with van der Waals surface area (Å²) in [6, 6.07) is 15.6. The molecule has 0 aliphatic carbocycles. The van der Waals surface area contributed by atoms with Crippen molar-refractivity contribution in [2.24, 2.45) is 0 Å². The SMILES string of the molecule is O=S(=O)(Nc1ccc(Nc2ccccc2C(F)(F)F)cn1)c1ccccc1. The maximum absolute atomic E-state index is 13.0. The van der Waals surface area contributed by atoms with Crippen LogP contribution in [0.1, 0.15) is 5.56 Å². The van der Waals surface area contributed by atoms with Gasteiger partial charge in [0.05, 0.1) is 28.0 Å². The molecule has 0 unspecified atom stereocenters. The van der Waals surface area contributed by atoms with Gasteiger partial charge in [0, 0.05) is 0 Å². The van der Waals surface area contributed by atoms with Gasteiger partial charge < -0.3 is 5.32 Å². The minimum atomic E-state index is -4.50. The first kappa shape index (κ1) is 18.7. The van der Waals surface area contributed by atoms with Gasteiger partial charge in [-0.05, 0) is 36.4 Å². The van der Waals surface area contributed by atoms with Crippen molar-refractivity contribution in [1.82, 2.24) is 4.98 Å². The average molecular weight is 393 g/mol. The van der Waals surface area contributed by atoms with Crippen molar-refractivity contribution < 1.29 is 21.6 Å². The van der Waals surface area contributed by atoms with Crippen LogP contribution in [0, 0.1) is 0 Å². The first-order chi connectivity index (χ1) is 12.8. The Balaban J connectivity index is 1.77. The molecule has 2 N–H and O–H groups in total. The van der Waals surface area contributed by atoms with Crippen LogP contribution in [0.5, 0.6) is 0 Å². The quantitative estimate of drug-likeness (QED) is 0.662. The van der Waals surface area contributed by atoms with Crippen molar-refractivity contribution in [3.05, 3.63) is 78.5 Å². The fourth-order valence-corrected chi connectivity index (χ4v) is 3.35. The number of hydrogen-bond acceptors (Lipinski definition) is 4. The van der Waals surface area contributed by atoms with Crippen LogP contribution < -0.4 is 10.0 Å². The molecule has 9 heteroatoms. The Morgan fingerprint density at radius 1 is 0.852 bits per heavy atom. The highest BCUT2D eigenvalue weighted by molar-refractivity contribution is 7.92. The highest BCUT2D eigenvalue weighted by atomic mass is 32.2. The van der Waals surface area contributed by atoms with Crippen molar-refractivity contribution in [1.29, 1.82) is 0 Å². The van der Waals surface area contributed by atoms with Gasteiger partial charge in [0.1, 0.15) is 5.82 Å². The van der Waals surface area contributed by atoms with E-state index in [1.165, 1.54) is 48.7 Å². The van der Waals surface area contributed by atoms with E-state index >= 15 is 0 Å². The van der Waals surface area contributed by atoms with E-state index in [1.807, 2.05) is 0 Å². The number of anilines is 3. The number of pyridine rings is 1. The lowest BCUT2D eigenvalue weighted by atomic mass is 10.1. The van der Waals surface area contributed by atoms with Crippen LogP contribution in [0.4, 0.5) is 30.4 Å². The van der Waals surface area contributed by atoms with E-state index in [0.29, 0.717) is 0 Å². The number of nitrogens with one attached hydrogen (secondary N) is 2. The predicted octanol–water partition coefficient (Wildman–Crippen LogP) is 4.64. The second-order valence-corrected chi connectivity index (χ2v) is 7.20. The molecule has 3 aromatic rings. The molecule has 0 radical (unpaired) electrons.